The average Bonchev–Trinajstić information content (AvgIpc) is 3.31. The van der Waals surface area contributed by atoms with Crippen molar-refractivity contribution in [2.24, 2.45) is 5.73 Å². The van der Waals surface area contributed by atoms with Crippen LogP contribution in [0, 0.1) is 11.3 Å². The zero-order valence-corrected chi connectivity index (χ0v) is 17.0. The minimum atomic E-state index is -5.03. The molecule has 180 valence electrons. The van der Waals surface area contributed by atoms with Crippen LogP contribution >= 0.6 is 0 Å². The van der Waals surface area contributed by atoms with Gasteiger partial charge in [-0.2, -0.15) is 31.6 Å². The number of alkyl halides is 6. The van der Waals surface area contributed by atoms with Crippen LogP contribution in [0.3, 0.4) is 0 Å². The summed E-state index contributed by atoms with van der Waals surface area (Å²) in [5.41, 5.74) is 2.30. The van der Waals surface area contributed by atoms with Crippen LogP contribution in [0.15, 0.2) is 18.2 Å². The van der Waals surface area contributed by atoms with Gasteiger partial charge in [0.1, 0.15) is 6.10 Å². The molecule has 0 saturated carbocycles. The predicted octanol–water partition coefficient (Wildman–Crippen LogP) is 2.76. The molecule has 0 aromatic heterocycles. The molecule has 0 bridgehead atoms. The van der Waals surface area contributed by atoms with Gasteiger partial charge in [0.05, 0.1) is 29.8 Å². The molecular weight excluding hydrogens is 462 g/mol. The Morgan fingerprint density at radius 2 is 1.91 bits per heavy atom. The molecule has 3 rings (SSSR count). The van der Waals surface area contributed by atoms with Gasteiger partial charge in [0.15, 0.2) is 6.10 Å². The molecule has 2 heterocycles. The third-order valence-corrected chi connectivity index (χ3v) is 5.49. The fourth-order valence-electron chi connectivity index (χ4n) is 3.93. The molecule has 0 spiro atoms. The van der Waals surface area contributed by atoms with Crippen molar-refractivity contribution < 1.29 is 45.4 Å². The van der Waals surface area contributed by atoms with E-state index in [0.717, 1.165) is 12.1 Å². The third kappa shape index (κ3) is 4.92. The van der Waals surface area contributed by atoms with Gasteiger partial charge in [0.25, 0.3) is 5.91 Å². The van der Waals surface area contributed by atoms with Gasteiger partial charge in [-0.25, -0.2) is 4.79 Å². The monoisotopic (exact) mass is 480 g/mol. The molecule has 4 atom stereocenters. The minimum Gasteiger partial charge on any atom is -0.444 e. The van der Waals surface area contributed by atoms with E-state index >= 15 is 0 Å². The molecule has 2 aliphatic rings. The summed E-state index contributed by atoms with van der Waals surface area (Å²) in [5, 5.41) is 8.90. The van der Waals surface area contributed by atoms with Crippen LogP contribution in [0.2, 0.25) is 0 Å². The molecular formula is C19H18F6N4O4. The van der Waals surface area contributed by atoms with Crippen LogP contribution in [-0.4, -0.2) is 60.6 Å². The summed E-state index contributed by atoms with van der Waals surface area (Å²) < 4.78 is 90.6. The number of primary amides is 1. The van der Waals surface area contributed by atoms with Gasteiger partial charge >= 0.3 is 18.4 Å². The van der Waals surface area contributed by atoms with Gasteiger partial charge in [-0.15, -0.1) is 0 Å². The van der Waals surface area contributed by atoms with Crippen molar-refractivity contribution in [1.29, 1.82) is 5.26 Å². The quantitative estimate of drug-likeness (QED) is 0.667. The second kappa shape index (κ2) is 8.62. The highest BCUT2D eigenvalue weighted by Gasteiger charge is 2.54. The summed E-state index contributed by atoms with van der Waals surface area (Å²) in [6.07, 6.45) is -16.0. The molecule has 1 aromatic carbocycles. The number of likely N-dealkylation sites (tertiary alicyclic amines) is 1. The second-order valence-corrected chi connectivity index (χ2v) is 7.55. The summed E-state index contributed by atoms with van der Waals surface area (Å²) in [6.45, 7) is 0.892. The number of halogens is 6. The number of ether oxygens (including phenoxy) is 2. The van der Waals surface area contributed by atoms with Crippen molar-refractivity contribution in [2.75, 3.05) is 18.0 Å². The molecule has 0 aliphatic carbocycles. The fraction of sp³-hybridized carbons (Fsp3) is 0.526. The maximum absolute atomic E-state index is 13.6. The van der Waals surface area contributed by atoms with Crippen molar-refractivity contribution in [3.8, 4) is 6.07 Å². The van der Waals surface area contributed by atoms with Gasteiger partial charge in [0, 0.05) is 18.7 Å². The topological polar surface area (TPSA) is 109 Å². The van der Waals surface area contributed by atoms with Crippen LogP contribution in [-0.2, 0) is 20.4 Å². The van der Waals surface area contributed by atoms with E-state index < -0.39 is 72.2 Å². The molecule has 2 aliphatic heterocycles. The lowest BCUT2D eigenvalue weighted by Crippen LogP contribution is -2.45. The van der Waals surface area contributed by atoms with E-state index in [1.165, 1.54) is 17.9 Å². The first-order chi connectivity index (χ1) is 15.2. The number of anilines is 1. The predicted molar refractivity (Wildman–Crippen MR) is 98.5 cm³/mol. The maximum Gasteiger partial charge on any atom is 0.433 e. The molecule has 1 aromatic rings. The number of amides is 2. The van der Waals surface area contributed by atoms with Crippen LogP contribution in [0.5, 0.6) is 0 Å². The lowest BCUT2D eigenvalue weighted by Gasteiger charge is -2.27. The normalized spacial score (nSPS) is 25.8. The van der Waals surface area contributed by atoms with E-state index in [4.69, 9.17) is 20.5 Å². The summed E-state index contributed by atoms with van der Waals surface area (Å²) in [6, 6.07) is 2.76. The number of hydrogen-bond acceptors (Lipinski definition) is 6. The second-order valence-electron chi connectivity index (χ2n) is 7.55. The average molecular weight is 480 g/mol. The highest BCUT2D eigenvalue weighted by Crippen LogP contribution is 2.39. The van der Waals surface area contributed by atoms with Crippen molar-refractivity contribution in [3.05, 3.63) is 29.3 Å². The zero-order chi connectivity index (χ0) is 24.7. The summed E-state index contributed by atoms with van der Waals surface area (Å²) >= 11 is 0. The van der Waals surface area contributed by atoms with Crippen LogP contribution < -0.4 is 10.6 Å². The Morgan fingerprint density at radius 3 is 2.45 bits per heavy atom. The van der Waals surface area contributed by atoms with Gasteiger partial charge in [-0.1, -0.05) is 0 Å². The number of carbonyl (C=O) groups is 2. The van der Waals surface area contributed by atoms with Crippen molar-refractivity contribution in [2.45, 2.75) is 50.2 Å². The lowest BCUT2D eigenvalue weighted by atomic mass is 10.1. The van der Waals surface area contributed by atoms with E-state index in [9.17, 15) is 35.9 Å². The molecule has 33 heavy (non-hydrogen) atoms. The highest BCUT2D eigenvalue weighted by molar-refractivity contribution is 5.83. The van der Waals surface area contributed by atoms with Crippen molar-refractivity contribution in [3.63, 3.8) is 0 Å². The smallest absolute Gasteiger partial charge is 0.433 e. The molecule has 2 saturated heterocycles. The van der Waals surface area contributed by atoms with E-state index in [-0.39, 0.29) is 13.0 Å². The number of benzene rings is 1. The standard InChI is InChI=1S/C19H18F6N4O4/c1-9-13(33-17(27)31)4-5-28(9)15(30)14-8-29(16(32-14)19(23,24)25)11-3-2-10(7-26)12(6-11)18(20,21)22/h2-3,6,9,13-14,16H,4-5,8H2,1H3,(H2,27,31)/t9-,13?,14?,16?/m1/s1. The molecule has 2 N–H and O–H groups in total. The number of nitrogens with two attached hydrogens (primary N) is 1. The minimum absolute atomic E-state index is 0.0591. The van der Waals surface area contributed by atoms with Gasteiger partial charge < -0.3 is 25.0 Å². The van der Waals surface area contributed by atoms with E-state index in [2.05, 4.69) is 0 Å². The van der Waals surface area contributed by atoms with Crippen molar-refractivity contribution >= 4 is 17.7 Å². The van der Waals surface area contributed by atoms with Gasteiger partial charge in [0.2, 0.25) is 6.23 Å². The van der Waals surface area contributed by atoms with Gasteiger partial charge in [-0.3, -0.25) is 4.79 Å². The highest BCUT2D eigenvalue weighted by atomic mass is 19.4. The number of carbonyl (C=O) groups excluding carboxylic acids is 2. The first-order valence-electron chi connectivity index (χ1n) is 9.60. The van der Waals surface area contributed by atoms with Crippen molar-refractivity contribution in [1.82, 2.24) is 4.90 Å². The third-order valence-electron chi connectivity index (χ3n) is 5.49. The molecule has 0 radical (unpaired) electrons. The Balaban J connectivity index is 1.88. The Bertz CT molecular complexity index is 977. The first kappa shape index (κ1) is 24.4. The Kier molecular flexibility index (Phi) is 6.38. The number of nitriles is 1. The number of nitrogens with zero attached hydrogens (tertiary/aromatic N) is 3. The Morgan fingerprint density at radius 1 is 1.24 bits per heavy atom. The molecule has 14 heteroatoms. The Hall–Kier alpha value is -3.21. The van der Waals surface area contributed by atoms with Gasteiger partial charge in [-0.05, 0) is 25.1 Å². The number of rotatable bonds is 3. The van der Waals surface area contributed by atoms with E-state index in [1.807, 2.05) is 0 Å². The summed E-state index contributed by atoms with van der Waals surface area (Å²) in [4.78, 5) is 25.5. The van der Waals surface area contributed by atoms with E-state index in [0.29, 0.717) is 11.0 Å². The van der Waals surface area contributed by atoms with Crippen LogP contribution in [0.25, 0.3) is 0 Å². The fourth-order valence-corrected chi connectivity index (χ4v) is 3.93. The lowest BCUT2D eigenvalue weighted by molar-refractivity contribution is -0.215. The SMILES string of the molecule is C[C@@H]1C(OC(N)=O)CCN1C(=O)C1CN(c2ccc(C#N)c(C(F)(F)F)c2)C(C(F)(F)F)O1. The largest absolute Gasteiger partial charge is 0.444 e. The first-order valence-corrected chi connectivity index (χ1v) is 9.60. The molecule has 3 unspecified atom stereocenters. The zero-order valence-electron chi connectivity index (χ0n) is 17.0. The maximum atomic E-state index is 13.6. The Labute approximate surface area is 183 Å². The molecule has 8 nitrogen and oxygen atoms in total. The molecule has 2 fully saturated rings. The van der Waals surface area contributed by atoms with Crippen LogP contribution in [0.4, 0.5) is 36.8 Å². The van der Waals surface area contributed by atoms with Crippen LogP contribution in [0.1, 0.15) is 24.5 Å². The number of hydrogen-bond donors (Lipinski definition) is 1. The molecule has 2 amide bonds. The summed E-state index contributed by atoms with van der Waals surface area (Å²) in [5.74, 6) is -0.834. The van der Waals surface area contributed by atoms with E-state index in [1.54, 1.807) is 0 Å². The summed E-state index contributed by atoms with van der Waals surface area (Å²) in [7, 11) is 0.